The van der Waals surface area contributed by atoms with Crippen molar-refractivity contribution in [2.75, 3.05) is 13.1 Å². The standard InChI is InChI=1S/C20H22FN3O2/c21-15-1-3-16(4-2-15)26-18-11-14(5-8-23-18)13-24-19(25)17-12-20(17)6-9-22-10-7-20/h1-5,8,11,17,22H,6-7,9-10,12-13H2,(H,24,25). The predicted molar refractivity (Wildman–Crippen MR) is 95.2 cm³/mol. The van der Waals surface area contributed by atoms with Crippen LogP contribution >= 0.6 is 0 Å². The normalized spacial score (nSPS) is 20.6. The van der Waals surface area contributed by atoms with E-state index < -0.39 is 0 Å². The fourth-order valence-electron chi connectivity index (χ4n) is 3.75. The fourth-order valence-corrected chi connectivity index (χ4v) is 3.75. The molecule has 2 aliphatic rings. The van der Waals surface area contributed by atoms with E-state index in [0.717, 1.165) is 37.9 Å². The van der Waals surface area contributed by atoms with Gasteiger partial charge in [0.1, 0.15) is 11.6 Å². The second-order valence-corrected chi connectivity index (χ2v) is 7.15. The highest BCUT2D eigenvalue weighted by Gasteiger charge is 2.57. The number of carbonyl (C=O) groups excluding carboxylic acids is 1. The molecule has 1 aromatic heterocycles. The van der Waals surface area contributed by atoms with Crippen LogP contribution in [0.5, 0.6) is 11.6 Å². The topological polar surface area (TPSA) is 63.2 Å². The van der Waals surface area contributed by atoms with Gasteiger partial charge in [-0.2, -0.15) is 0 Å². The molecule has 2 aromatic rings. The zero-order valence-corrected chi connectivity index (χ0v) is 14.5. The lowest BCUT2D eigenvalue weighted by atomic mass is 9.92. The average molecular weight is 355 g/mol. The molecule has 2 N–H and O–H groups in total. The van der Waals surface area contributed by atoms with Gasteiger partial charge >= 0.3 is 0 Å². The molecule has 2 fully saturated rings. The first-order valence-corrected chi connectivity index (χ1v) is 9.01. The van der Waals surface area contributed by atoms with Crippen LogP contribution in [0.2, 0.25) is 0 Å². The van der Waals surface area contributed by atoms with Crippen molar-refractivity contribution in [1.29, 1.82) is 0 Å². The molecule has 0 bridgehead atoms. The fraction of sp³-hybridized carbons (Fsp3) is 0.400. The molecule has 1 amide bonds. The Morgan fingerprint density at radius 1 is 1.27 bits per heavy atom. The monoisotopic (exact) mass is 355 g/mol. The van der Waals surface area contributed by atoms with Gasteiger partial charge in [0, 0.05) is 24.7 Å². The summed E-state index contributed by atoms with van der Waals surface area (Å²) in [6, 6.07) is 9.42. The largest absolute Gasteiger partial charge is 0.439 e. The molecule has 1 atom stereocenters. The van der Waals surface area contributed by atoms with E-state index in [2.05, 4.69) is 15.6 Å². The Morgan fingerprint density at radius 3 is 2.81 bits per heavy atom. The minimum Gasteiger partial charge on any atom is -0.439 e. The maximum atomic E-state index is 13.0. The molecular weight excluding hydrogens is 333 g/mol. The number of hydrogen-bond acceptors (Lipinski definition) is 4. The molecule has 26 heavy (non-hydrogen) atoms. The number of ether oxygens (including phenoxy) is 1. The Kier molecular flexibility index (Phi) is 4.59. The maximum absolute atomic E-state index is 13.0. The van der Waals surface area contributed by atoms with Crippen molar-refractivity contribution in [1.82, 2.24) is 15.6 Å². The molecule has 1 saturated heterocycles. The van der Waals surface area contributed by atoms with Crippen LogP contribution in [0.4, 0.5) is 4.39 Å². The van der Waals surface area contributed by atoms with Crippen LogP contribution in [0.15, 0.2) is 42.6 Å². The van der Waals surface area contributed by atoms with Crippen LogP contribution in [0.25, 0.3) is 0 Å². The van der Waals surface area contributed by atoms with Crippen molar-refractivity contribution in [2.24, 2.45) is 11.3 Å². The van der Waals surface area contributed by atoms with Gasteiger partial charge < -0.3 is 15.4 Å². The summed E-state index contributed by atoms with van der Waals surface area (Å²) in [6.07, 6.45) is 4.84. The molecule has 4 rings (SSSR count). The number of pyridine rings is 1. The number of aromatic nitrogens is 1. The average Bonchev–Trinajstić information content (AvgIpc) is 3.35. The van der Waals surface area contributed by atoms with E-state index in [9.17, 15) is 9.18 Å². The Morgan fingerprint density at radius 2 is 2.04 bits per heavy atom. The second kappa shape index (κ2) is 7.03. The number of nitrogens with zero attached hydrogens (tertiary/aromatic N) is 1. The first-order valence-electron chi connectivity index (χ1n) is 9.01. The summed E-state index contributed by atoms with van der Waals surface area (Å²) < 4.78 is 18.6. The number of nitrogens with one attached hydrogen (secondary N) is 2. The van der Waals surface area contributed by atoms with Crippen molar-refractivity contribution < 1.29 is 13.9 Å². The third-order valence-electron chi connectivity index (χ3n) is 5.41. The zero-order valence-electron chi connectivity index (χ0n) is 14.5. The zero-order chi connectivity index (χ0) is 18.0. The highest BCUT2D eigenvalue weighted by atomic mass is 19.1. The van der Waals surface area contributed by atoms with Crippen molar-refractivity contribution >= 4 is 5.91 Å². The molecule has 5 nitrogen and oxygen atoms in total. The van der Waals surface area contributed by atoms with Crippen molar-refractivity contribution in [3.63, 3.8) is 0 Å². The van der Waals surface area contributed by atoms with Crippen LogP contribution in [0, 0.1) is 17.2 Å². The van der Waals surface area contributed by atoms with E-state index >= 15 is 0 Å². The number of hydrogen-bond donors (Lipinski definition) is 2. The highest BCUT2D eigenvalue weighted by Crippen LogP contribution is 2.58. The van der Waals surface area contributed by atoms with Gasteiger partial charge in [0.15, 0.2) is 0 Å². The molecule has 1 aliphatic carbocycles. The smallest absolute Gasteiger partial charge is 0.223 e. The van der Waals surface area contributed by atoms with Crippen LogP contribution < -0.4 is 15.4 Å². The van der Waals surface area contributed by atoms with E-state index in [0.29, 0.717) is 18.2 Å². The van der Waals surface area contributed by atoms with Gasteiger partial charge in [-0.05, 0) is 73.7 Å². The summed E-state index contributed by atoms with van der Waals surface area (Å²) in [7, 11) is 0. The Bertz CT molecular complexity index is 788. The van der Waals surface area contributed by atoms with Gasteiger partial charge in [0.25, 0.3) is 0 Å². The van der Waals surface area contributed by atoms with Crippen molar-refractivity contribution in [3.05, 3.63) is 54.0 Å². The lowest BCUT2D eigenvalue weighted by Crippen LogP contribution is -2.33. The number of amides is 1. The van der Waals surface area contributed by atoms with Crippen molar-refractivity contribution in [2.45, 2.75) is 25.8 Å². The quantitative estimate of drug-likeness (QED) is 0.865. The summed E-state index contributed by atoms with van der Waals surface area (Å²) in [5.74, 6) is 0.926. The SMILES string of the molecule is O=C(NCc1ccnc(Oc2ccc(F)cc2)c1)C1CC12CCNCC2. The minimum absolute atomic E-state index is 0.143. The Hall–Kier alpha value is -2.47. The number of benzene rings is 1. The molecule has 2 heterocycles. The molecule has 136 valence electrons. The molecule has 1 spiro atoms. The first-order chi connectivity index (χ1) is 12.6. The number of halogens is 1. The van der Waals surface area contributed by atoms with Crippen LogP contribution in [0.1, 0.15) is 24.8 Å². The van der Waals surface area contributed by atoms with Gasteiger partial charge in [-0.15, -0.1) is 0 Å². The van der Waals surface area contributed by atoms with Gasteiger partial charge in [-0.25, -0.2) is 9.37 Å². The van der Waals surface area contributed by atoms with E-state index in [1.807, 2.05) is 6.07 Å². The lowest BCUT2D eigenvalue weighted by Gasteiger charge is -2.23. The van der Waals surface area contributed by atoms with E-state index in [1.54, 1.807) is 24.4 Å². The number of carbonyl (C=O) groups is 1. The molecule has 0 radical (unpaired) electrons. The summed E-state index contributed by atoms with van der Waals surface area (Å²) in [6.45, 7) is 2.47. The molecule has 1 aliphatic heterocycles. The number of rotatable bonds is 5. The molecule has 1 unspecified atom stereocenters. The van der Waals surface area contributed by atoms with Gasteiger partial charge in [0.2, 0.25) is 11.8 Å². The van der Waals surface area contributed by atoms with Crippen LogP contribution in [-0.2, 0) is 11.3 Å². The number of piperidine rings is 1. The van der Waals surface area contributed by atoms with E-state index in [1.165, 1.54) is 12.1 Å². The summed E-state index contributed by atoms with van der Waals surface area (Å²) in [5.41, 5.74) is 1.16. The van der Waals surface area contributed by atoms with Gasteiger partial charge in [-0.3, -0.25) is 4.79 Å². The van der Waals surface area contributed by atoms with Crippen LogP contribution in [-0.4, -0.2) is 24.0 Å². The maximum Gasteiger partial charge on any atom is 0.223 e. The molecule has 1 saturated carbocycles. The summed E-state index contributed by atoms with van der Waals surface area (Å²) in [4.78, 5) is 16.6. The predicted octanol–water partition coefficient (Wildman–Crippen LogP) is 3.02. The van der Waals surface area contributed by atoms with Gasteiger partial charge in [0.05, 0.1) is 0 Å². The Labute approximate surface area is 152 Å². The molecular formula is C20H22FN3O2. The summed E-state index contributed by atoms with van der Waals surface area (Å²) >= 11 is 0. The van der Waals surface area contributed by atoms with Crippen molar-refractivity contribution in [3.8, 4) is 11.6 Å². The highest BCUT2D eigenvalue weighted by molar-refractivity contribution is 5.82. The minimum atomic E-state index is -0.312. The van der Waals surface area contributed by atoms with E-state index in [-0.39, 0.29) is 23.1 Å². The third kappa shape index (κ3) is 3.70. The van der Waals surface area contributed by atoms with Gasteiger partial charge in [-0.1, -0.05) is 0 Å². The van der Waals surface area contributed by atoms with E-state index in [4.69, 9.17) is 4.74 Å². The van der Waals surface area contributed by atoms with Crippen LogP contribution in [0.3, 0.4) is 0 Å². The third-order valence-corrected chi connectivity index (χ3v) is 5.41. The Balaban J connectivity index is 1.32. The first kappa shape index (κ1) is 17.0. The molecule has 6 heteroatoms. The summed E-state index contributed by atoms with van der Waals surface area (Å²) in [5, 5.41) is 6.39. The lowest BCUT2D eigenvalue weighted by molar-refractivity contribution is -0.123. The second-order valence-electron chi connectivity index (χ2n) is 7.15. The molecule has 1 aromatic carbocycles.